The molecule has 1 fully saturated rings. The highest BCUT2D eigenvalue weighted by Crippen LogP contribution is 2.25. The van der Waals surface area contributed by atoms with E-state index in [9.17, 15) is 4.79 Å². The van der Waals surface area contributed by atoms with Gasteiger partial charge in [-0.25, -0.2) is 0 Å². The van der Waals surface area contributed by atoms with Crippen molar-refractivity contribution in [2.75, 3.05) is 18.9 Å². The normalized spacial score (nSPS) is 22.8. The summed E-state index contributed by atoms with van der Waals surface area (Å²) >= 11 is 1.78. The smallest absolute Gasteiger partial charge is 0.233 e. The molecule has 0 aliphatic carbocycles. The highest BCUT2D eigenvalue weighted by Gasteiger charge is 2.21. The molecule has 0 bridgehead atoms. The van der Waals surface area contributed by atoms with Crippen LogP contribution in [0.15, 0.2) is 0 Å². The Morgan fingerprint density at radius 2 is 2.38 bits per heavy atom. The van der Waals surface area contributed by atoms with Crippen LogP contribution in [0.5, 0.6) is 0 Å². The number of aliphatic hydroxyl groups is 1. The van der Waals surface area contributed by atoms with Crippen LogP contribution in [0.4, 0.5) is 0 Å². The Balaban J connectivity index is 2.22. The van der Waals surface area contributed by atoms with Gasteiger partial charge in [-0.05, 0) is 30.9 Å². The number of nitrogens with one attached hydrogen (secondary N) is 1. The fourth-order valence-electron chi connectivity index (χ4n) is 1.94. The van der Waals surface area contributed by atoms with Gasteiger partial charge >= 0.3 is 0 Å². The molecule has 1 amide bonds. The van der Waals surface area contributed by atoms with Gasteiger partial charge in [-0.2, -0.15) is 0 Å². The van der Waals surface area contributed by atoms with E-state index in [4.69, 9.17) is 5.11 Å². The number of amides is 1. The largest absolute Gasteiger partial charge is 0.396 e. The third kappa shape index (κ3) is 4.74. The molecule has 0 spiro atoms. The quantitative estimate of drug-likeness (QED) is 0.750. The number of rotatable bonds is 6. The zero-order valence-electron chi connectivity index (χ0n) is 10.1. The number of hydrogen-bond acceptors (Lipinski definition) is 3. The molecule has 0 radical (unpaired) electrons. The Bertz CT molecular complexity index is 205. The van der Waals surface area contributed by atoms with Crippen molar-refractivity contribution in [1.29, 1.82) is 0 Å². The summed E-state index contributed by atoms with van der Waals surface area (Å²) in [5, 5.41) is 12.0. The first-order valence-corrected chi connectivity index (χ1v) is 7.33. The molecule has 4 heteroatoms. The van der Waals surface area contributed by atoms with E-state index in [0.717, 1.165) is 25.0 Å². The predicted molar refractivity (Wildman–Crippen MR) is 68.6 cm³/mol. The van der Waals surface area contributed by atoms with Crippen LogP contribution >= 0.6 is 11.8 Å². The van der Waals surface area contributed by atoms with Crippen molar-refractivity contribution in [1.82, 2.24) is 5.32 Å². The lowest BCUT2D eigenvalue weighted by Crippen LogP contribution is -2.37. The summed E-state index contributed by atoms with van der Waals surface area (Å²) in [4.78, 5) is 11.8. The molecule has 3 nitrogen and oxygen atoms in total. The predicted octanol–water partition coefficient (Wildman–Crippen LogP) is 1.80. The molecule has 0 aromatic carbocycles. The maximum Gasteiger partial charge on any atom is 0.233 e. The minimum atomic E-state index is 0.167. The molecule has 1 aliphatic rings. The molecule has 1 heterocycles. The average Bonchev–Trinajstić information content (AvgIpc) is 2.35. The number of aliphatic hydroxyl groups excluding tert-OH is 1. The molecule has 2 atom stereocenters. The van der Waals surface area contributed by atoms with Crippen molar-refractivity contribution in [3.63, 3.8) is 0 Å². The van der Waals surface area contributed by atoms with E-state index in [-0.39, 0.29) is 17.8 Å². The third-order valence-corrected chi connectivity index (χ3v) is 4.53. The van der Waals surface area contributed by atoms with E-state index >= 15 is 0 Å². The lowest BCUT2D eigenvalue weighted by molar-refractivity contribution is -0.120. The summed E-state index contributed by atoms with van der Waals surface area (Å²) in [6, 6.07) is 0. The van der Waals surface area contributed by atoms with Crippen molar-refractivity contribution in [2.24, 2.45) is 5.92 Å². The van der Waals surface area contributed by atoms with Gasteiger partial charge in [-0.1, -0.05) is 19.8 Å². The Labute approximate surface area is 102 Å². The zero-order valence-corrected chi connectivity index (χ0v) is 10.9. The molecule has 2 N–H and O–H groups in total. The molecule has 16 heavy (non-hydrogen) atoms. The maximum absolute atomic E-state index is 11.8. The number of carbonyl (C=O) groups is 1. The first kappa shape index (κ1) is 13.8. The van der Waals surface area contributed by atoms with Crippen molar-refractivity contribution in [2.45, 2.75) is 44.3 Å². The zero-order chi connectivity index (χ0) is 11.8. The van der Waals surface area contributed by atoms with E-state index in [2.05, 4.69) is 12.2 Å². The van der Waals surface area contributed by atoms with Crippen LogP contribution in [0.25, 0.3) is 0 Å². The van der Waals surface area contributed by atoms with E-state index in [0.29, 0.717) is 12.5 Å². The van der Waals surface area contributed by atoms with Crippen molar-refractivity contribution < 1.29 is 9.90 Å². The molecule has 2 unspecified atom stereocenters. The average molecular weight is 245 g/mol. The van der Waals surface area contributed by atoms with Gasteiger partial charge in [0.15, 0.2) is 0 Å². The van der Waals surface area contributed by atoms with Gasteiger partial charge < -0.3 is 10.4 Å². The van der Waals surface area contributed by atoms with E-state index < -0.39 is 0 Å². The van der Waals surface area contributed by atoms with E-state index in [1.165, 1.54) is 12.8 Å². The van der Waals surface area contributed by atoms with Crippen LogP contribution in [0.3, 0.4) is 0 Å². The summed E-state index contributed by atoms with van der Waals surface area (Å²) in [5.74, 6) is 1.73. The highest BCUT2D eigenvalue weighted by molar-refractivity contribution is 8.00. The van der Waals surface area contributed by atoms with Crippen molar-refractivity contribution in [3.05, 3.63) is 0 Å². The molecule has 0 saturated carbocycles. The highest BCUT2D eigenvalue weighted by atomic mass is 32.2. The second kappa shape index (κ2) is 7.96. The van der Waals surface area contributed by atoms with Crippen LogP contribution in [-0.4, -0.2) is 35.2 Å². The molecule has 94 valence electrons. The number of carbonyl (C=O) groups excluding carboxylic acids is 1. The van der Waals surface area contributed by atoms with Gasteiger partial charge in [0, 0.05) is 13.2 Å². The summed E-state index contributed by atoms with van der Waals surface area (Å²) in [6.45, 7) is 3.03. The van der Waals surface area contributed by atoms with E-state index in [1.54, 1.807) is 11.8 Å². The molecule has 0 aromatic rings. The number of hydrogen-bond donors (Lipinski definition) is 2. The lowest BCUT2D eigenvalue weighted by Gasteiger charge is -2.22. The van der Waals surface area contributed by atoms with Gasteiger partial charge in [0.05, 0.1) is 5.25 Å². The third-order valence-electron chi connectivity index (χ3n) is 3.15. The second-order valence-corrected chi connectivity index (χ2v) is 5.70. The Morgan fingerprint density at radius 3 is 2.94 bits per heavy atom. The fourth-order valence-corrected chi connectivity index (χ4v) is 3.16. The molecule has 0 aromatic heterocycles. The van der Waals surface area contributed by atoms with Crippen LogP contribution in [-0.2, 0) is 4.79 Å². The Kier molecular flexibility index (Phi) is 6.88. The van der Waals surface area contributed by atoms with Gasteiger partial charge in [0.1, 0.15) is 0 Å². The lowest BCUT2D eigenvalue weighted by atomic mass is 10.0. The van der Waals surface area contributed by atoms with Crippen molar-refractivity contribution >= 4 is 17.7 Å². The Morgan fingerprint density at radius 1 is 1.56 bits per heavy atom. The van der Waals surface area contributed by atoms with Gasteiger partial charge in [-0.15, -0.1) is 11.8 Å². The minimum absolute atomic E-state index is 0.167. The summed E-state index contributed by atoms with van der Waals surface area (Å²) in [5.41, 5.74) is 0. The fraction of sp³-hybridized carbons (Fsp3) is 0.917. The summed E-state index contributed by atoms with van der Waals surface area (Å²) in [7, 11) is 0. The maximum atomic E-state index is 11.8. The van der Waals surface area contributed by atoms with Crippen LogP contribution < -0.4 is 5.32 Å². The van der Waals surface area contributed by atoms with Gasteiger partial charge in [-0.3, -0.25) is 4.79 Å². The Hall–Kier alpha value is -0.220. The van der Waals surface area contributed by atoms with Gasteiger partial charge in [0.2, 0.25) is 5.91 Å². The van der Waals surface area contributed by atoms with Gasteiger partial charge in [0.25, 0.3) is 0 Å². The van der Waals surface area contributed by atoms with Crippen LogP contribution in [0.1, 0.15) is 39.0 Å². The topological polar surface area (TPSA) is 49.3 Å². The SMILES string of the molecule is CCC(CCO)CNC(=O)C1CCCCS1. The molecule has 1 saturated heterocycles. The molecule has 1 aliphatic heterocycles. The first-order valence-electron chi connectivity index (χ1n) is 6.28. The van der Waals surface area contributed by atoms with E-state index in [1.807, 2.05) is 0 Å². The minimum Gasteiger partial charge on any atom is -0.396 e. The molecular weight excluding hydrogens is 222 g/mol. The monoisotopic (exact) mass is 245 g/mol. The first-order chi connectivity index (χ1) is 7.77. The van der Waals surface area contributed by atoms with Crippen LogP contribution in [0.2, 0.25) is 0 Å². The standard InChI is InChI=1S/C12H23NO2S/c1-2-10(6-7-14)9-13-12(15)11-5-3-4-8-16-11/h10-11,14H,2-9H2,1H3,(H,13,15). The second-order valence-electron chi connectivity index (χ2n) is 4.39. The molecule has 1 rings (SSSR count). The van der Waals surface area contributed by atoms with Crippen molar-refractivity contribution in [3.8, 4) is 0 Å². The summed E-state index contributed by atoms with van der Waals surface area (Å²) in [6.07, 6.45) is 5.25. The van der Waals surface area contributed by atoms with Crippen LogP contribution in [0, 0.1) is 5.92 Å². The summed E-state index contributed by atoms with van der Waals surface area (Å²) < 4.78 is 0. The number of thioether (sulfide) groups is 1. The molecular formula is C12H23NO2S.